The minimum Gasteiger partial charge on any atom is -0.398 e. The molecule has 1 amide bonds. The minimum absolute atomic E-state index is 0.0935. The molecule has 0 aromatic heterocycles. The number of nitrogen functional groups attached to an aromatic ring is 1. The molecule has 0 saturated carbocycles. The van der Waals surface area contributed by atoms with Crippen LogP contribution in [0.2, 0.25) is 0 Å². The largest absolute Gasteiger partial charge is 0.398 e. The molecule has 0 saturated heterocycles. The van der Waals surface area contributed by atoms with E-state index in [0.29, 0.717) is 13.0 Å². The van der Waals surface area contributed by atoms with Gasteiger partial charge in [-0.25, -0.2) is 8.78 Å². The van der Waals surface area contributed by atoms with Gasteiger partial charge in [0.2, 0.25) is 5.91 Å². The fraction of sp³-hybridized carbons (Fsp3) is 0.250. The Bertz CT molecular complexity index is 489. The number of nitrogens with one attached hydrogen (secondary N) is 1. The average molecular weight is 238 g/mol. The van der Waals surface area contributed by atoms with Crippen molar-refractivity contribution in [3.8, 4) is 11.8 Å². The molecule has 1 rings (SSSR count). The highest BCUT2D eigenvalue weighted by Crippen LogP contribution is 2.17. The number of amides is 1. The summed E-state index contributed by atoms with van der Waals surface area (Å²) in [5, 5.41) is 2.53. The highest BCUT2D eigenvalue weighted by atomic mass is 19.2. The Labute approximate surface area is 98.0 Å². The first kappa shape index (κ1) is 13.0. The van der Waals surface area contributed by atoms with Crippen LogP contribution >= 0.6 is 0 Å². The second-order valence-corrected chi connectivity index (χ2v) is 3.36. The van der Waals surface area contributed by atoms with Gasteiger partial charge in [-0.3, -0.25) is 4.79 Å². The molecule has 3 N–H and O–H groups in total. The Morgan fingerprint density at radius 2 is 2.18 bits per heavy atom. The predicted molar refractivity (Wildman–Crippen MR) is 60.9 cm³/mol. The van der Waals surface area contributed by atoms with Crippen molar-refractivity contribution in [2.45, 2.75) is 13.3 Å². The van der Waals surface area contributed by atoms with Crippen molar-refractivity contribution in [2.75, 3.05) is 12.3 Å². The van der Waals surface area contributed by atoms with E-state index >= 15 is 0 Å². The topological polar surface area (TPSA) is 55.1 Å². The van der Waals surface area contributed by atoms with Crippen molar-refractivity contribution in [1.82, 2.24) is 5.32 Å². The van der Waals surface area contributed by atoms with Crippen molar-refractivity contribution in [2.24, 2.45) is 0 Å². The second-order valence-electron chi connectivity index (χ2n) is 3.36. The van der Waals surface area contributed by atoms with E-state index in [4.69, 9.17) is 5.73 Å². The van der Waals surface area contributed by atoms with Gasteiger partial charge in [0.05, 0.1) is 11.3 Å². The third-order valence-corrected chi connectivity index (χ3v) is 1.96. The van der Waals surface area contributed by atoms with E-state index in [1.807, 2.05) is 0 Å². The van der Waals surface area contributed by atoms with E-state index in [1.54, 1.807) is 0 Å². The zero-order valence-electron chi connectivity index (χ0n) is 9.31. The van der Waals surface area contributed by atoms with Gasteiger partial charge in [-0.2, -0.15) is 0 Å². The molecular formula is C12H12F2N2O. The molecule has 0 bridgehead atoms. The van der Waals surface area contributed by atoms with Gasteiger partial charge in [0, 0.05) is 19.9 Å². The molecule has 1 aromatic rings. The van der Waals surface area contributed by atoms with Crippen molar-refractivity contribution < 1.29 is 13.6 Å². The maximum Gasteiger partial charge on any atom is 0.216 e. The van der Waals surface area contributed by atoms with Crippen LogP contribution in [0.5, 0.6) is 0 Å². The zero-order chi connectivity index (χ0) is 12.8. The van der Waals surface area contributed by atoms with Gasteiger partial charge < -0.3 is 11.1 Å². The van der Waals surface area contributed by atoms with Gasteiger partial charge in [-0.1, -0.05) is 11.8 Å². The summed E-state index contributed by atoms with van der Waals surface area (Å²) in [6.45, 7) is 1.75. The molecule has 0 aliphatic rings. The highest BCUT2D eigenvalue weighted by molar-refractivity contribution is 5.72. The van der Waals surface area contributed by atoms with Crippen LogP contribution in [0.25, 0.3) is 0 Å². The van der Waals surface area contributed by atoms with Gasteiger partial charge in [-0.15, -0.1) is 0 Å². The molecule has 0 fully saturated rings. The lowest BCUT2D eigenvalue weighted by Crippen LogP contribution is -2.20. The first-order valence-corrected chi connectivity index (χ1v) is 4.99. The van der Waals surface area contributed by atoms with Crippen LogP contribution in [-0.4, -0.2) is 12.5 Å². The van der Waals surface area contributed by atoms with Crippen LogP contribution in [0.4, 0.5) is 14.5 Å². The average Bonchev–Trinajstić information content (AvgIpc) is 2.27. The molecule has 1 aromatic carbocycles. The van der Waals surface area contributed by atoms with Crippen LogP contribution in [0.15, 0.2) is 12.1 Å². The summed E-state index contributed by atoms with van der Waals surface area (Å²) in [4.78, 5) is 10.5. The zero-order valence-corrected chi connectivity index (χ0v) is 9.31. The molecule has 90 valence electrons. The standard InChI is InChI=1S/C12H12F2N2O/c1-8(17)16-7-3-2-4-9-11(15)6-5-10(13)12(9)14/h5-6H,3,7,15H2,1H3,(H,16,17). The Morgan fingerprint density at radius 3 is 2.82 bits per heavy atom. The summed E-state index contributed by atoms with van der Waals surface area (Å²) in [5.41, 5.74) is 5.42. The quantitative estimate of drug-likeness (QED) is 0.465. The first-order chi connectivity index (χ1) is 8.02. The molecule has 17 heavy (non-hydrogen) atoms. The number of benzene rings is 1. The van der Waals surface area contributed by atoms with Gasteiger partial charge in [0.15, 0.2) is 11.6 Å². The van der Waals surface area contributed by atoms with Crippen LogP contribution in [0.3, 0.4) is 0 Å². The van der Waals surface area contributed by atoms with Gasteiger partial charge >= 0.3 is 0 Å². The van der Waals surface area contributed by atoms with Crippen molar-refractivity contribution in [1.29, 1.82) is 0 Å². The lowest BCUT2D eigenvalue weighted by atomic mass is 10.1. The van der Waals surface area contributed by atoms with Crippen molar-refractivity contribution in [3.05, 3.63) is 29.3 Å². The summed E-state index contributed by atoms with van der Waals surface area (Å²) in [7, 11) is 0. The monoisotopic (exact) mass is 238 g/mol. The maximum absolute atomic E-state index is 13.3. The van der Waals surface area contributed by atoms with E-state index in [2.05, 4.69) is 17.2 Å². The van der Waals surface area contributed by atoms with E-state index in [1.165, 1.54) is 13.0 Å². The molecule has 0 atom stereocenters. The predicted octanol–water partition coefficient (Wildman–Crippen LogP) is 1.42. The maximum atomic E-state index is 13.3. The number of anilines is 1. The van der Waals surface area contributed by atoms with Crippen LogP contribution in [0, 0.1) is 23.5 Å². The van der Waals surface area contributed by atoms with Gasteiger partial charge in [0.25, 0.3) is 0 Å². The normalized spacial score (nSPS) is 9.35. The third kappa shape index (κ3) is 3.76. The van der Waals surface area contributed by atoms with Crippen molar-refractivity contribution >= 4 is 11.6 Å². The van der Waals surface area contributed by atoms with Gasteiger partial charge in [-0.05, 0) is 12.1 Å². The van der Waals surface area contributed by atoms with E-state index in [9.17, 15) is 13.6 Å². The lowest BCUT2D eigenvalue weighted by molar-refractivity contribution is -0.118. The number of hydrogen-bond acceptors (Lipinski definition) is 2. The number of hydrogen-bond donors (Lipinski definition) is 2. The highest BCUT2D eigenvalue weighted by Gasteiger charge is 2.08. The molecule has 0 spiro atoms. The summed E-state index contributed by atoms with van der Waals surface area (Å²) in [6.07, 6.45) is 0.342. The van der Waals surface area contributed by atoms with E-state index < -0.39 is 11.6 Å². The molecule has 0 unspecified atom stereocenters. The Morgan fingerprint density at radius 1 is 1.47 bits per heavy atom. The summed E-state index contributed by atoms with van der Waals surface area (Å²) in [5.74, 6) is 2.88. The van der Waals surface area contributed by atoms with E-state index in [-0.39, 0.29) is 17.2 Å². The molecule has 5 heteroatoms. The fourth-order valence-corrected chi connectivity index (χ4v) is 1.14. The van der Waals surface area contributed by atoms with Crippen LogP contribution in [0.1, 0.15) is 18.9 Å². The second kappa shape index (κ2) is 5.85. The molecule has 0 aliphatic heterocycles. The fourth-order valence-electron chi connectivity index (χ4n) is 1.14. The summed E-state index contributed by atoms with van der Waals surface area (Å²) in [6, 6.07) is 2.21. The molecular weight excluding hydrogens is 226 g/mol. The molecule has 0 radical (unpaired) electrons. The van der Waals surface area contributed by atoms with Crippen molar-refractivity contribution in [3.63, 3.8) is 0 Å². The Balaban J connectivity index is 2.72. The number of carbonyl (C=O) groups is 1. The Hall–Kier alpha value is -2.09. The Kier molecular flexibility index (Phi) is 4.46. The summed E-state index contributed by atoms with van der Waals surface area (Å²) < 4.78 is 26.2. The third-order valence-electron chi connectivity index (χ3n) is 1.96. The van der Waals surface area contributed by atoms with Gasteiger partial charge in [0.1, 0.15) is 0 Å². The summed E-state index contributed by atoms with van der Waals surface area (Å²) >= 11 is 0. The molecule has 0 aliphatic carbocycles. The number of carbonyl (C=O) groups excluding carboxylic acids is 1. The number of nitrogens with two attached hydrogens (primary N) is 1. The first-order valence-electron chi connectivity index (χ1n) is 4.99. The molecule has 3 nitrogen and oxygen atoms in total. The lowest BCUT2D eigenvalue weighted by Gasteiger charge is -2.00. The van der Waals surface area contributed by atoms with Crippen LogP contribution < -0.4 is 11.1 Å². The minimum atomic E-state index is -1.04. The molecule has 0 heterocycles. The van der Waals surface area contributed by atoms with E-state index in [0.717, 1.165) is 6.07 Å². The SMILES string of the molecule is CC(=O)NCCC#Cc1c(N)ccc(F)c1F. The number of halogens is 2. The smallest absolute Gasteiger partial charge is 0.216 e. The van der Waals surface area contributed by atoms with Crippen LogP contribution in [-0.2, 0) is 4.79 Å². The number of rotatable bonds is 2.